The first-order valence-corrected chi connectivity index (χ1v) is 5.15. The summed E-state index contributed by atoms with van der Waals surface area (Å²) in [6, 6.07) is 3.79. The van der Waals surface area contributed by atoms with Crippen LogP contribution in [-0.2, 0) is 0 Å². The van der Waals surface area contributed by atoms with Gasteiger partial charge in [0.2, 0.25) is 0 Å². The van der Waals surface area contributed by atoms with Gasteiger partial charge in [0, 0.05) is 19.1 Å². The summed E-state index contributed by atoms with van der Waals surface area (Å²) in [5.74, 6) is 2.87. The Balaban J connectivity index is 2.02. The molecule has 0 spiro atoms. The number of hydrogen-bond donors (Lipinski definition) is 1. The number of hydrogen-bond acceptors (Lipinski definition) is 4. The first-order chi connectivity index (χ1) is 7.29. The van der Waals surface area contributed by atoms with Gasteiger partial charge in [-0.3, -0.25) is 0 Å². The second kappa shape index (κ2) is 4.22. The molecule has 0 amide bonds. The number of pyridine rings is 1. The van der Waals surface area contributed by atoms with E-state index in [4.69, 9.17) is 11.0 Å². The molecule has 15 heavy (non-hydrogen) atoms. The van der Waals surface area contributed by atoms with Crippen LogP contribution in [0.4, 0.5) is 11.5 Å². The molecule has 0 aliphatic carbocycles. The van der Waals surface area contributed by atoms with Crippen LogP contribution in [-0.4, -0.2) is 24.8 Å². The molecular weight excluding hydrogens is 187 g/mol. The highest BCUT2D eigenvalue weighted by atomic mass is 15.1. The summed E-state index contributed by atoms with van der Waals surface area (Å²) in [6.45, 7) is 2.09. The predicted octanol–water partition coefficient (Wildman–Crippen LogP) is 1.04. The van der Waals surface area contributed by atoms with Gasteiger partial charge in [0.25, 0.3) is 6.71 Å². The largest absolute Gasteiger partial charge is 0.384 e. The second-order valence-corrected chi connectivity index (χ2v) is 3.83. The summed E-state index contributed by atoms with van der Waals surface area (Å²) in [6.07, 6.45) is 3.68. The number of anilines is 2. The molecule has 1 saturated heterocycles. The highest BCUT2D eigenvalue weighted by molar-refractivity contribution is 6.67. The number of nitriles is 1. The van der Waals surface area contributed by atoms with Crippen molar-refractivity contribution in [1.82, 2.24) is 4.98 Å². The molecule has 76 valence electrons. The Morgan fingerprint density at radius 1 is 1.40 bits per heavy atom. The summed E-state index contributed by atoms with van der Waals surface area (Å²) >= 11 is 0. The molecule has 0 saturated carbocycles. The van der Waals surface area contributed by atoms with Gasteiger partial charge in [-0.1, -0.05) is 0 Å². The van der Waals surface area contributed by atoms with Crippen molar-refractivity contribution in [2.24, 2.45) is 0 Å². The van der Waals surface area contributed by atoms with Crippen molar-refractivity contribution >= 4 is 18.2 Å². The SMILES string of the molecule is N#CB1CCN(c2ccc(N)nc2)CC1. The van der Waals surface area contributed by atoms with E-state index in [0.717, 1.165) is 31.4 Å². The van der Waals surface area contributed by atoms with Gasteiger partial charge in [-0.05, 0) is 24.8 Å². The lowest BCUT2D eigenvalue weighted by atomic mass is 9.45. The first-order valence-electron chi connectivity index (χ1n) is 5.15. The van der Waals surface area contributed by atoms with Crippen LogP contribution in [0.3, 0.4) is 0 Å². The van der Waals surface area contributed by atoms with E-state index >= 15 is 0 Å². The third kappa shape index (κ3) is 2.21. The Morgan fingerprint density at radius 2 is 2.13 bits per heavy atom. The minimum Gasteiger partial charge on any atom is -0.384 e. The number of rotatable bonds is 1. The zero-order valence-electron chi connectivity index (χ0n) is 8.56. The quantitative estimate of drug-likeness (QED) is 0.687. The highest BCUT2D eigenvalue weighted by Gasteiger charge is 2.22. The monoisotopic (exact) mass is 200 g/mol. The molecule has 1 aliphatic rings. The smallest absolute Gasteiger partial charge is 0.271 e. The molecule has 2 N–H and O–H groups in total. The summed E-state index contributed by atoms with van der Waals surface area (Å²) in [5.41, 5.74) is 6.62. The third-order valence-electron chi connectivity index (χ3n) is 2.81. The summed E-state index contributed by atoms with van der Waals surface area (Å²) in [5, 5.41) is 8.79. The van der Waals surface area contributed by atoms with Crippen LogP contribution < -0.4 is 10.6 Å². The first kappa shape index (κ1) is 9.84. The lowest BCUT2D eigenvalue weighted by molar-refractivity contribution is 0.819. The topological polar surface area (TPSA) is 65.9 Å². The van der Waals surface area contributed by atoms with Crippen molar-refractivity contribution < 1.29 is 0 Å². The lowest BCUT2D eigenvalue weighted by Gasteiger charge is -2.29. The molecule has 1 fully saturated rings. The predicted molar refractivity (Wildman–Crippen MR) is 61.8 cm³/mol. The van der Waals surface area contributed by atoms with E-state index in [-0.39, 0.29) is 6.71 Å². The van der Waals surface area contributed by atoms with Crippen molar-refractivity contribution in [2.75, 3.05) is 23.7 Å². The lowest BCUT2D eigenvalue weighted by Crippen LogP contribution is -2.36. The molecule has 1 aromatic heterocycles. The molecular formula is C10H13BN4. The summed E-state index contributed by atoms with van der Waals surface area (Å²) in [4.78, 5) is 6.31. The van der Waals surface area contributed by atoms with Crippen molar-refractivity contribution in [3.63, 3.8) is 0 Å². The maximum Gasteiger partial charge on any atom is 0.271 e. The Labute approximate surface area is 89.8 Å². The van der Waals surface area contributed by atoms with Crippen molar-refractivity contribution in [1.29, 1.82) is 5.26 Å². The van der Waals surface area contributed by atoms with E-state index < -0.39 is 0 Å². The van der Waals surface area contributed by atoms with Crippen LogP contribution in [0.15, 0.2) is 18.3 Å². The van der Waals surface area contributed by atoms with E-state index in [9.17, 15) is 0 Å². The molecule has 0 unspecified atom stereocenters. The number of nitrogens with zero attached hydrogens (tertiary/aromatic N) is 3. The van der Waals surface area contributed by atoms with Crippen LogP contribution in [0, 0.1) is 11.2 Å². The number of aromatic nitrogens is 1. The Bertz CT molecular complexity index is 362. The molecule has 1 aromatic rings. The summed E-state index contributed by atoms with van der Waals surface area (Å²) < 4.78 is 0. The molecule has 2 rings (SSSR count). The van der Waals surface area contributed by atoms with Gasteiger partial charge in [0.05, 0.1) is 11.9 Å². The molecule has 1 aliphatic heterocycles. The van der Waals surface area contributed by atoms with Gasteiger partial charge in [-0.25, -0.2) is 10.2 Å². The molecule has 0 radical (unpaired) electrons. The van der Waals surface area contributed by atoms with Gasteiger partial charge in [0.1, 0.15) is 5.82 Å². The van der Waals surface area contributed by atoms with E-state index in [1.165, 1.54) is 0 Å². The molecule has 2 heterocycles. The zero-order chi connectivity index (χ0) is 10.7. The fraction of sp³-hybridized carbons (Fsp3) is 0.400. The van der Waals surface area contributed by atoms with Gasteiger partial charge >= 0.3 is 0 Å². The minimum absolute atomic E-state index is 0.225. The van der Waals surface area contributed by atoms with Gasteiger partial charge in [-0.2, -0.15) is 0 Å². The standard InChI is InChI=1S/C10H13BN4/c12-8-11-3-5-15(6-4-11)9-1-2-10(13)14-7-9/h1-2,7H,3-6H2,(H2,13,14). The minimum atomic E-state index is 0.225. The maximum atomic E-state index is 8.79. The van der Waals surface area contributed by atoms with Crippen molar-refractivity contribution in [3.05, 3.63) is 18.3 Å². The summed E-state index contributed by atoms with van der Waals surface area (Å²) in [7, 11) is 0. The number of nitrogens with two attached hydrogens (primary N) is 1. The van der Waals surface area contributed by atoms with Crippen LogP contribution in [0.5, 0.6) is 0 Å². The highest BCUT2D eigenvalue weighted by Crippen LogP contribution is 2.19. The van der Waals surface area contributed by atoms with Gasteiger partial charge in [0.15, 0.2) is 0 Å². The average molecular weight is 200 g/mol. The van der Waals surface area contributed by atoms with E-state index in [1.54, 1.807) is 6.20 Å². The van der Waals surface area contributed by atoms with Crippen LogP contribution in [0.1, 0.15) is 0 Å². The molecule has 4 nitrogen and oxygen atoms in total. The van der Waals surface area contributed by atoms with E-state index in [1.807, 2.05) is 12.1 Å². The van der Waals surface area contributed by atoms with E-state index in [0.29, 0.717) is 5.82 Å². The maximum absolute atomic E-state index is 8.79. The molecule has 0 bridgehead atoms. The average Bonchev–Trinajstić information content (AvgIpc) is 2.30. The molecule has 5 heteroatoms. The van der Waals surface area contributed by atoms with Gasteiger partial charge < -0.3 is 10.6 Å². The molecule has 0 aromatic carbocycles. The van der Waals surface area contributed by atoms with Crippen molar-refractivity contribution in [3.8, 4) is 5.97 Å². The third-order valence-corrected chi connectivity index (χ3v) is 2.81. The van der Waals surface area contributed by atoms with Crippen LogP contribution >= 0.6 is 0 Å². The van der Waals surface area contributed by atoms with Crippen LogP contribution in [0.25, 0.3) is 0 Å². The van der Waals surface area contributed by atoms with E-state index in [2.05, 4.69) is 15.9 Å². The van der Waals surface area contributed by atoms with Crippen molar-refractivity contribution in [2.45, 2.75) is 12.6 Å². The van der Waals surface area contributed by atoms with Crippen LogP contribution in [0.2, 0.25) is 12.6 Å². The Kier molecular flexibility index (Phi) is 2.77. The normalized spacial score (nSPS) is 16.2. The second-order valence-electron chi connectivity index (χ2n) is 3.83. The fourth-order valence-corrected chi connectivity index (χ4v) is 1.85. The Hall–Kier alpha value is -1.70. The Morgan fingerprint density at radius 3 is 2.67 bits per heavy atom. The van der Waals surface area contributed by atoms with Gasteiger partial charge in [-0.15, -0.1) is 0 Å². The number of nitrogen functional groups attached to an aromatic ring is 1. The zero-order valence-corrected chi connectivity index (χ0v) is 8.56. The fourth-order valence-electron chi connectivity index (χ4n) is 1.85. The molecule has 0 atom stereocenters.